The maximum absolute atomic E-state index is 12.8. The molecule has 0 spiro atoms. The smallest absolute Gasteiger partial charge is 0.251 e. The fourth-order valence-electron chi connectivity index (χ4n) is 4.11. The van der Waals surface area contributed by atoms with Crippen LogP contribution in [0, 0.1) is 13.8 Å². The summed E-state index contributed by atoms with van der Waals surface area (Å²) in [6, 6.07) is 19.5. The molecular formula is C29H26ClN5O. The summed E-state index contributed by atoms with van der Waals surface area (Å²) in [6.45, 7) is 4.63. The molecule has 2 aromatic heterocycles. The van der Waals surface area contributed by atoms with Crippen molar-refractivity contribution in [3.63, 3.8) is 0 Å². The highest BCUT2D eigenvalue weighted by molar-refractivity contribution is 6.33. The number of nitrogens with one attached hydrogen (secondary N) is 2. The van der Waals surface area contributed by atoms with E-state index in [4.69, 9.17) is 21.6 Å². The summed E-state index contributed by atoms with van der Waals surface area (Å²) in [5.41, 5.74) is 7.36. The lowest BCUT2D eigenvalue weighted by Crippen LogP contribution is -2.24. The van der Waals surface area contributed by atoms with E-state index in [-0.39, 0.29) is 5.91 Å². The third-order valence-corrected chi connectivity index (χ3v) is 6.39. The molecule has 2 heterocycles. The molecule has 0 saturated carbocycles. The number of halogens is 1. The lowest BCUT2D eigenvalue weighted by atomic mass is 10.0. The normalized spacial score (nSPS) is 11.1. The minimum Gasteiger partial charge on any atom is -0.352 e. The highest BCUT2D eigenvalue weighted by atomic mass is 35.5. The minimum atomic E-state index is -0.143. The zero-order valence-corrected chi connectivity index (χ0v) is 20.9. The van der Waals surface area contributed by atoms with Crippen molar-refractivity contribution in [1.29, 1.82) is 0 Å². The Morgan fingerprint density at radius 1 is 0.917 bits per heavy atom. The van der Waals surface area contributed by atoms with Crippen LogP contribution in [0.25, 0.3) is 33.5 Å². The summed E-state index contributed by atoms with van der Waals surface area (Å²) >= 11 is 6.62. The number of carbonyl (C=O) groups excluding carboxylic acids is 1. The molecule has 3 aromatic carbocycles. The molecule has 0 atom stereocenters. The summed E-state index contributed by atoms with van der Waals surface area (Å²) < 4.78 is 0. The van der Waals surface area contributed by atoms with Gasteiger partial charge in [0.15, 0.2) is 0 Å². The molecule has 0 saturated heterocycles. The second-order valence-corrected chi connectivity index (χ2v) is 9.28. The Kier molecular flexibility index (Phi) is 6.78. The number of carbonyl (C=O) groups is 1. The van der Waals surface area contributed by atoms with Gasteiger partial charge in [0.1, 0.15) is 5.82 Å². The monoisotopic (exact) mass is 495 g/mol. The SMILES string of the molecule is Cc1ccc(-c2nc3ccc(C(=O)NCCCc4ncc[nH]4)cc3nc2-c2cc(C)ccc2Cl)cc1. The van der Waals surface area contributed by atoms with E-state index in [2.05, 4.69) is 34.3 Å². The number of hydrogen-bond donors (Lipinski definition) is 2. The van der Waals surface area contributed by atoms with Crippen molar-refractivity contribution in [1.82, 2.24) is 25.3 Å². The van der Waals surface area contributed by atoms with Crippen LogP contribution in [0.2, 0.25) is 5.02 Å². The largest absolute Gasteiger partial charge is 0.352 e. The Labute approximate surface area is 214 Å². The Bertz CT molecular complexity index is 1530. The van der Waals surface area contributed by atoms with Gasteiger partial charge in [-0.3, -0.25) is 4.79 Å². The van der Waals surface area contributed by atoms with Gasteiger partial charge in [-0.05, 0) is 50.6 Å². The third-order valence-electron chi connectivity index (χ3n) is 6.06. The van der Waals surface area contributed by atoms with Gasteiger partial charge in [-0.15, -0.1) is 0 Å². The lowest BCUT2D eigenvalue weighted by Gasteiger charge is -2.13. The van der Waals surface area contributed by atoms with Gasteiger partial charge in [-0.2, -0.15) is 0 Å². The number of amides is 1. The van der Waals surface area contributed by atoms with Crippen molar-refractivity contribution in [2.24, 2.45) is 0 Å². The first-order valence-corrected chi connectivity index (χ1v) is 12.3. The zero-order chi connectivity index (χ0) is 25.1. The van der Waals surface area contributed by atoms with Gasteiger partial charge in [0.2, 0.25) is 0 Å². The summed E-state index contributed by atoms with van der Waals surface area (Å²) in [4.78, 5) is 30.0. The van der Waals surface area contributed by atoms with Gasteiger partial charge in [0.05, 0.1) is 27.4 Å². The second kappa shape index (κ2) is 10.3. The number of aryl methyl sites for hydroxylation is 3. The molecule has 180 valence electrons. The van der Waals surface area contributed by atoms with E-state index >= 15 is 0 Å². The van der Waals surface area contributed by atoms with Crippen LogP contribution < -0.4 is 5.32 Å². The molecular weight excluding hydrogens is 470 g/mol. The average Bonchev–Trinajstić information content (AvgIpc) is 3.41. The van der Waals surface area contributed by atoms with Gasteiger partial charge < -0.3 is 10.3 Å². The Morgan fingerprint density at radius 2 is 1.69 bits per heavy atom. The number of aromatic nitrogens is 4. The topological polar surface area (TPSA) is 83.6 Å². The molecule has 5 rings (SSSR count). The molecule has 0 aliphatic carbocycles. The fourth-order valence-corrected chi connectivity index (χ4v) is 4.32. The third kappa shape index (κ3) is 5.14. The Hall–Kier alpha value is -4.03. The maximum atomic E-state index is 12.8. The molecule has 0 aliphatic heterocycles. The molecule has 0 fully saturated rings. The zero-order valence-electron chi connectivity index (χ0n) is 20.2. The van der Waals surface area contributed by atoms with Crippen molar-refractivity contribution in [2.45, 2.75) is 26.7 Å². The number of imidazole rings is 1. The van der Waals surface area contributed by atoms with Gasteiger partial charge >= 0.3 is 0 Å². The average molecular weight is 496 g/mol. The first kappa shape index (κ1) is 23.7. The number of rotatable bonds is 7. The van der Waals surface area contributed by atoms with E-state index in [1.54, 1.807) is 24.5 Å². The number of aromatic amines is 1. The quantitative estimate of drug-likeness (QED) is 0.259. The van der Waals surface area contributed by atoms with E-state index in [0.717, 1.165) is 41.1 Å². The summed E-state index contributed by atoms with van der Waals surface area (Å²) in [6.07, 6.45) is 5.10. The highest BCUT2D eigenvalue weighted by Gasteiger charge is 2.17. The van der Waals surface area contributed by atoms with Crippen LogP contribution in [0.3, 0.4) is 0 Å². The molecule has 7 heteroatoms. The van der Waals surface area contributed by atoms with Crippen LogP contribution in [0.1, 0.15) is 33.7 Å². The Morgan fingerprint density at radius 3 is 2.47 bits per heavy atom. The summed E-state index contributed by atoms with van der Waals surface area (Å²) in [7, 11) is 0. The van der Waals surface area contributed by atoms with Crippen molar-refractivity contribution in [2.75, 3.05) is 6.54 Å². The van der Waals surface area contributed by atoms with Crippen molar-refractivity contribution < 1.29 is 4.79 Å². The molecule has 5 aromatic rings. The van der Waals surface area contributed by atoms with Crippen LogP contribution in [0.5, 0.6) is 0 Å². The molecule has 1 amide bonds. The van der Waals surface area contributed by atoms with Crippen molar-refractivity contribution >= 4 is 28.5 Å². The van der Waals surface area contributed by atoms with E-state index < -0.39 is 0 Å². The van der Waals surface area contributed by atoms with Crippen LogP contribution in [-0.2, 0) is 6.42 Å². The molecule has 2 N–H and O–H groups in total. The van der Waals surface area contributed by atoms with Gasteiger partial charge in [0.25, 0.3) is 5.91 Å². The molecule has 0 unspecified atom stereocenters. The van der Waals surface area contributed by atoms with Crippen LogP contribution in [-0.4, -0.2) is 32.4 Å². The van der Waals surface area contributed by atoms with Crippen LogP contribution in [0.4, 0.5) is 0 Å². The first-order valence-electron chi connectivity index (χ1n) is 11.9. The lowest BCUT2D eigenvalue weighted by molar-refractivity contribution is 0.0953. The molecule has 0 radical (unpaired) electrons. The maximum Gasteiger partial charge on any atom is 0.251 e. The summed E-state index contributed by atoms with van der Waals surface area (Å²) in [5.74, 6) is 0.771. The van der Waals surface area contributed by atoms with Gasteiger partial charge in [-0.25, -0.2) is 15.0 Å². The van der Waals surface area contributed by atoms with E-state index in [1.165, 1.54) is 5.56 Å². The first-order chi connectivity index (χ1) is 17.5. The number of fused-ring (bicyclic) bond motifs is 1. The van der Waals surface area contributed by atoms with Gasteiger partial charge in [-0.1, -0.05) is 53.1 Å². The molecule has 6 nitrogen and oxygen atoms in total. The number of nitrogens with zero attached hydrogens (tertiary/aromatic N) is 3. The Balaban J connectivity index is 1.49. The number of H-pyrrole nitrogens is 1. The predicted molar refractivity (Wildman–Crippen MR) is 144 cm³/mol. The van der Waals surface area contributed by atoms with Crippen molar-refractivity contribution in [3.05, 3.63) is 101 Å². The standard InChI is InChI=1S/C29H26ClN5O/c1-18-5-8-20(9-6-18)27-28(22-16-19(2)7-11-23(22)30)35-25-17-21(10-12-24(25)34-27)29(36)33-13-3-4-26-31-14-15-32-26/h5-12,14-17H,3-4,13H2,1-2H3,(H,31,32)(H,33,36). The number of hydrogen-bond acceptors (Lipinski definition) is 4. The molecule has 0 aliphatic rings. The second-order valence-electron chi connectivity index (χ2n) is 8.87. The minimum absolute atomic E-state index is 0.143. The molecule has 0 bridgehead atoms. The van der Waals surface area contributed by atoms with Crippen LogP contribution in [0.15, 0.2) is 73.1 Å². The van der Waals surface area contributed by atoms with Gasteiger partial charge in [0, 0.05) is 42.0 Å². The number of benzene rings is 3. The molecule has 36 heavy (non-hydrogen) atoms. The van der Waals surface area contributed by atoms with E-state index in [9.17, 15) is 4.79 Å². The van der Waals surface area contributed by atoms with Crippen molar-refractivity contribution in [3.8, 4) is 22.5 Å². The van der Waals surface area contributed by atoms with E-state index in [1.807, 2.05) is 43.3 Å². The van der Waals surface area contributed by atoms with Crippen LogP contribution >= 0.6 is 11.6 Å². The highest BCUT2D eigenvalue weighted by Crippen LogP contribution is 2.35. The fraction of sp³-hybridized carbons (Fsp3) is 0.172. The van der Waals surface area contributed by atoms with E-state index in [0.29, 0.717) is 33.9 Å². The summed E-state index contributed by atoms with van der Waals surface area (Å²) in [5, 5.41) is 3.59. The predicted octanol–water partition coefficient (Wildman–Crippen LogP) is 6.32.